The van der Waals surface area contributed by atoms with Crippen molar-refractivity contribution in [3.05, 3.63) is 88.2 Å². The molecule has 0 bridgehead atoms. The van der Waals surface area contributed by atoms with E-state index in [-0.39, 0.29) is 11.8 Å². The molecule has 0 saturated carbocycles. The standard InChI is InChI=1S/C25H24N2O3S/c1-16-10-11-18(13-17(16)2)22-23(31-15-21-9-6-12-30-21)25(29)27(24(22)28)20-8-5-7-19(14-20)26(3)4/h5-14H,15H2,1-4H3. The van der Waals surface area contributed by atoms with Crippen molar-refractivity contribution in [2.45, 2.75) is 19.6 Å². The Hall–Kier alpha value is -3.25. The van der Waals surface area contributed by atoms with Crippen molar-refractivity contribution in [2.24, 2.45) is 0 Å². The van der Waals surface area contributed by atoms with Crippen molar-refractivity contribution in [1.82, 2.24) is 0 Å². The molecule has 0 fully saturated rings. The summed E-state index contributed by atoms with van der Waals surface area (Å²) in [5.74, 6) is 0.628. The lowest BCUT2D eigenvalue weighted by Crippen LogP contribution is -2.31. The van der Waals surface area contributed by atoms with Crippen LogP contribution in [0.1, 0.15) is 22.5 Å². The third-order valence-electron chi connectivity index (χ3n) is 5.38. The van der Waals surface area contributed by atoms with Gasteiger partial charge >= 0.3 is 0 Å². The van der Waals surface area contributed by atoms with E-state index in [0.717, 1.165) is 28.1 Å². The smallest absolute Gasteiger partial charge is 0.272 e. The molecule has 158 valence electrons. The van der Waals surface area contributed by atoms with Crippen molar-refractivity contribution in [3.63, 3.8) is 0 Å². The van der Waals surface area contributed by atoms with Crippen LogP contribution in [0.15, 0.2) is 70.2 Å². The number of amides is 2. The highest BCUT2D eigenvalue weighted by Gasteiger charge is 2.40. The van der Waals surface area contributed by atoms with Gasteiger partial charge in [-0.2, -0.15) is 0 Å². The number of benzene rings is 2. The van der Waals surface area contributed by atoms with Gasteiger partial charge in [0.2, 0.25) is 0 Å². The maximum atomic E-state index is 13.6. The van der Waals surface area contributed by atoms with E-state index in [1.165, 1.54) is 16.7 Å². The number of anilines is 2. The zero-order valence-electron chi connectivity index (χ0n) is 18.0. The van der Waals surface area contributed by atoms with E-state index in [1.807, 2.05) is 81.4 Å². The highest BCUT2D eigenvalue weighted by Crippen LogP contribution is 2.40. The molecule has 0 radical (unpaired) electrons. The van der Waals surface area contributed by atoms with Crippen LogP contribution in [0.3, 0.4) is 0 Å². The summed E-state index contributed by atoms with van der Waals surface area (Å²) in [5.41, 5.74) is 4.91. The molecule has 2 amide bonds. The maximum Gasteiger partial charge on any atom is 0.272 e. The van der Waals surface area contributed by atoms with E-state index in [0.29, 0.717) is 21.9 Å². The second-order valence-corrected chi connectivity index (χ2v) is 8.72. The second kappa shape index (κ2) is 8.47. The number of hydrogen-bond acceptors (Lipinski definition) is 5. The molecule has 0 unspecified atom stereocenters. The van der Waals surface area contributed by atoms with Crippen molar-refractivity contribution >= 4 is 40.5 Å². The normalized spacial score (nSPS) is 14.0. The minimum atomic E-state index is -0.300. The summed E-state index contributed by atoms with van der Waals surface area (Å²) in [4.78, 5) is 30.7. The number of imide groups is 1. The third kappa shape index (κ3) is 4.03. The van der Waals surface area contributed by atoms with Gasteiger partial charge in [-0.1, -0.05) is 24.3 Å². The van der Waals surface area contributed by atoms with Gasteiger partial charge in [-0.25, -0.2) is 4.90 Å². The minimum Gasteiger partial charge on any atom is -0.468 e. The molecular weight excluding hydrogens is 408 g/mol. The first kappa shape index (κ1) is 21.0. The predicted octanol–water partition coefficient (Wildman–Crippen LogP) is 5.18. The van der Waals surface area contributed by atoms with E-state index in [4.69, 9.17) is 4.42 Å². The molecule has 2 heterocycles. The average molecular weight is 433 g/mol. The number of rotatable bonds is 6. The lowest BCUT2D eigenvalue weighted by atomic mass is 10.0. The summed E-state index contributed by atoms with van der Waals surface area (Å²) in [6.45, 7) is 4.04. The molecule has 4 rings (SSSR count). The first-order valence-corrected chi connectivity index (χ1v) is 11.0. The summed E-state index contributed by atoms with van der Waals surface area (Å²) in [5, 5.41) is 0. The number of furan rings is 1. The average Bonchev–Trinajstić information content (AvgIpc) is 3.35. The van der Waals surface area contributed by atoms with Gasteiger partial charge in [0.1, 0.15) is 5.76 Å². The van der Waals surface area contributed by atoms with Crippen LogP contribution in [-0.2, 0) is 15.3 Å². The lowest BCUT2D eigenvalue weighted by molar-refractivity contribution is -0.119. The summed E-state index contributed by atoms with van der Waals surface area (Å²) >= 11 is 1.34. The largest absolute Gasteiger partial charge is 0.468 e. The fraction of sp³-hybridized carbons (Fsp3) is 0.200. The van der Waals surface area contributed by atoms with E-state index in [2.05, 4.69) is 0 Å². The highest BCUT2D eigenvalue weighted by molar-refractivity contribution is 8.03. The Bertz CT molecular complexity index is 1180. The summed E-state index contributed by atoms with van der Waals surface area (Å²) in [6, 6.07) is 17.0. The molecule has 1 aliphatic heterocycles. The minimum absolute atomic E-state index is 0.300. The topological polar surface area (TPSA) is 53.8 Å². The molecule has 0 spiro atoms. The Balaban J connectivity index is 1.77. The number of hydrogen-bond donors (Lipinski definition) is 0. The fourth-order valence-electron chi connectivity index (χ4n) is 3.48. The Labute approximate surface area is 186 Å². The van der Waals surface area contributed by atoms with Crippen LogP contribution in [-0.4, -0.2) is 25.9 Å². The molecule has 1 aromatic heterocycles. The van der Waals surface area contributed by atoms with Crippen LogP contribution in [0.4, 0.5) is 11.4 Å². The lowest BCUT2D eigenvalue weighted by Gasteiger charge is -2.19. The van der Waals surface area contributed by atoms with Crippen LogP contribution in [0.2, 0.25) is 0 Å². The second-order valence-electron chi connectivity index (χ2n) is 7.73. The fourth-order valence-corrected chi connectivity index (χ4v) is 4.49. The van der Waals surface area contributed by atoms with E-state index >= 15 is 0 Å². The molecule has 0 aliphatic carbocycles. The molecule has 0 saturated heterocycles. The van der Waals surface area contributed by atoms with E-state index < -0.39 is 0 Å². The zero-order valence-corrected chi connectivity index (χ0v) is 18.8. The number of carbonyl (C=O) groups excluding carboxylic acids is 2. The monoisotopic (exact) mass is 432 g/mol. The van der Waals surface area contributed by atoms with E-state index in [9.17, 15) is 9.59 Å². The van der Waals surface area contributed by atoms with Crippen molar-refractivity contribution in [2.75, 3.05) is 23.9 Å². The summed E-state index contributed by atoms with van der Waals surface area (Å²) in [6.07, 6.45) is 1.61. The summed E-state index contributed by atoms with van der Waals surface area (Å²) < 4.78 is 5.43. The van der Waals surface area contributed by atoms with Gasteiger partial charge in [0.05, 0.1) is 28.2 Å². The van der Waals surface area contributed by atoms with Crippen LogP contribution in [0.25, 0.3) is 5.57 Å². The van der Waals surface area contributed by atoms with Crippen LogP contribution < -0.4 is 9.80 Å². The third-order valence-corrected chi connectivity index (χ3v) is 6.48. The van der Waals surface area contributed by atoms with Crippen LogP contribution in [0.5, 0.6) is 0 Å². The zero-order chi connectivity index (χ0) is 22.1. The Morgan fingerprint density at radius 3 is 2.42 bits per heavy atom. The van der Waals surface area contributed by atoms with Gasteiger partial charge < -0.3 is 9.32 Å². The number of carbonyl (C=O) groups is 2. The van der Waals surface area contributed by atoms with Gasteiger partial charge in [0, 0.05) is 19.8 Å². The van der Waals surface area contributed by atoms with Gasteiger partial charge in [0.15, 0.2) is 0 Å². The van der Waals surface area contributed by atoms with Crippen LogP contribution >= 0.6 is 11.8 Å². The van der Waals surface area contributed by atoms with Crippen molar-refractivity contribution in [1.29, 1.82) is 0 Å². The molecular formula is C25H24N2O3S. The summed E-state index contributed by atoms with van der Waals surface area (Å²) in [7, 11) is 3.85. The molecule has 0 atom stereocenters. The maximum absolute atomic E-state index is 13.6. The number of nitrogens with zero attached hydrogens (tertiary/aromatic N) is 2. The molecule has 2 aromatic carbocycles. The quantitative estimate of drug-likeness (QED) is 0.503. The van der Waals surface area contributed by atoms with Crippen molar-refractivity contribution in [3.8, 4) is 0 Å². The Kier molecular flexibility index (Phi) is 5.74. The van der Waals surface area contributed by atoms with E-state index in [1.54, 1.807) is 12.3 Å². The Morgan fingerprint density at radius 2 is 1.74 bits per heavy atom. The molecule has 6 heteroatoms. The van der Waals surface area contributed by atoms with Gasteiger partial charge in [0.25, 0.3) is 11.8 Å². The SMILES string of the molecule is Cc1ccc(C2=C(SCc3ccco3)C(=O)N(c3cccc(N(C)C)c3)C2=O)cc1C. The molecule has 31 heavy (non-hydrogen) atoms. The molecule has 0 N–H and O–H groups in total. The van der Waals surface area contributed by atoms with Crippen LogP contribution in [0, 0.1) is 13.8 Å². The van der Waals surface area contributed by atoms with Gasteiger partial charge in [-0.05, 0) is 60.9 Å². The first-order chi connectivity index (χ1) is 14.9. The predicted molar refractivity (Wildman–Crippen MR) is 126 cm³/mol. The van der Waals surface area contributed by atoms with Gasteiger partial charge in [-0.3, -0.25) is 9.59 Å². The Morgan fingerprint density at radius 1 is 0.935 bits per heavy atom. The molecule has 3 aromatic rings. The van der Waals surface area contributed by atoms with Gasteiger partial charge in [-0.15, -0.1) is 11.8 Å². The molecule has 1 aliphatic rings. The highest BCUT2D eigenvalue weighted by atomic mass is 32.2. The number of thioether (sulfide) groups is 1. The number of aryl methyl sites for hydroxylation is 2. The van der Waals surface area contributed by atoms with Crippen molar-refractivity contribution < 1.29 is 14.0 Å². The molecule has 5 nitrogen and oxygen atoms in total. The first-order valence-electron chi connectivity index (χ1n) is 10.00.